The van der Waals surface area contributed by atoms with Crippen molar-refractivity contribution in [3.05, 3.63) is 50.6 Å². The Hall–Kier alpha value is -1.19. The smallest absolute Gasteiger partial charge is 0.263 e. The van der Waals surface area contributed by atoms with Gasteiger partial charge in [-0.25, -0.2) is 8.42 Å². The van der Waals surface area contributed by atoms with Gasteiger partial charge in [0, 0.05) is 5.02 Å². The fraction of sp³-hybridized carbons (Fsp3) is 0.125. The minimum absolute atomic E-state index is 0.0708. The molecule has 1 heterocycles. The number of halogens is 3. The Bertz CT molecular complexity index is 1070. The monoisotopic (exact) mass is 553 g/mol. The first-order valence-electron chi connectivity index (χ1n) is 7.33. The molecule has 0 aromatic heterocycles. The van der Waals surface area contributed by atoms with Gasteiger partial charge in [0.25, 0.3) is 10.0 Å². The SMILES string of the molecule is N#Cc1cc(S(=O)(=O)NC2=NCC(Cl)S2)ccc1Oc1ccc(Cl)cc1I. The van der Waals surface area contributed by atoms with Crippen LogP contribution in [0.4, 0.5) is 0 Å². The van der Waals surface area contributed by atoms with Crippen molar-refractivity contribution in [1.29, 1.82) is 5.26 Å². The lowest BCUT2D eigenvalue weighted by Gasteiger charge is -2.12. The van der Waals surface area contributed by atoms with Crippen molar-refractivity contribution < 1.29 is 13.2 Å². The Morgan fingerprint density at radius 3 is 2.67 bits per heavy atom. The molecule has 2 aromatic rings. The first-order chi connectivity index (χ1) is 12.8. The van der Waals surface area contributed by atoms with E-state index in [-0.39, 0.29) is 26.1 Å². The summed E-state index contributed by atoms with van der Waals surface area (Å²) in [6, 6.07) is 11.1. The normalized spacial score (nSPS) is 16.5. The molecule has 0 saturated heterocycles. The maximum Gasteiger partial charge on any atom is 0.263 e. The molecule has 2 aromatic carbocycles. The van der Waals surface area contributed by atoms with Crippen LogP contribution >= 0.6 is 57.6 Å². The summed E-state index contributed by atoms with van der Waals surface area (Å²) in [4.78, 5) is 3.95. The van der Waals surface area contributed by atoms with Gasteiger partial charge in [-0.05, 0) is 59.0 Å². The molecule has 11 heteroatoms. The number of amidine groups is 1. The van der Waals surface area contributed by atoms with E-state index in [0.717, 1.165) is 15.3 Å². The van der Waals surface area contributed by atoms with E-state index in [1.807, 2.05) is 6.07 Å². The van der Waals surface area contributed by atoms with Crippen molar-refractivity contribution in [3.8, 4) is 17.6 Å². The quantitative estimate of drug-likeness (QED) is 0.443. The lowest BCUT2D eigenvalue weighted by atomic mass is 10.2. The van der Waals surface area contributed by atoms with E-state index in [9.17, 15) is 13.7 Å². The number of nitrogens with one attached hydrogen (secondary N) is 1. The van der Waals surface area contributed by atoms with Crippen LogP contribution in [-0.4, -0.2) is 24.8 Å². The molecule has 1 aliphatic heterocycles. The lowest BCUT2D eigenvalue weighted by Crippen LogP contribution is -2.27. The average Bonchev–Trinajstić information content (AvgIpc) is 3.01. The van der Waals surface area contributed by atoms with Gasteiger partial charge in [-0.15, -0.1) is 11.6 Å². The number of aliphatic imine (C=N–C) groups is 1. The number of benzene rings is 2. The second-order valence-electron chi connectivity index (χ2n) is 5.23. The van der Waals surface area contributed by atoms with Crippen molar-refractivity contribution in [2.24, 2.45) is 4.99 Å². The molecule has 0 bridgehead atoms. The van der Waals surface area contributed by atoms with Crippen LogP contribution in [0, 0.1) is 14.9 Å². The minimum atomic E-state index is -3.89. The van der Waals surface area contributed by atoms with Gasteiger partial charge in [-0.3, -0.25) is 9.71 Å². The van der Waals surface area contributed by atoms with Crippen LogP contribution in [0.3, 0.4) is 0 Å². The van der Waals surface area contributed by atoms with E-state index in [2.05, 4.69) is 32.3 Å². The third-order valence-electron chi connectivity index (χ3n) is 3.34. The van der Waals surface area contributed by atoms with Crippen LogP contribution in [0.5, 0.6) is 11.5 Å². The number of thioether (sulfide) groups is 1. The topological polar surface area (TPSA) is 91.5 Å². The fourth-order valence-electron chi connectivity index (χ4n) is 2.11. The molecule has 0 amide bonds. The molecule has 0 aliphatic carbocycles. The minimum Gasteiger partial charge on any atom is -0.455 e. The number of nitriles is 1. The Morgan fingerprint density at radius 1 is 1.30 bits per heavy atom. The highest BCUT2D eigenvalue weighted by Crippen LogP contribution is 2.32. The van der Waals surface area contributed by atoms with Gasteiger partial charge in [0.2, 0.25) is 0 Å². The van der Waals surface area contributed by atoms with Crippen LogP contribution in [0.1, 0.15) is 5.56 Å². The molecule has 1 aliphatic rings. The third kappa shape index (κ3) is 5.00. The van der Waals surface area contributed by atoms with E-state index in [4.69, 9.17) is 27.9 Å². The summed E-state index contributed by atoms with van der Waals surface area (Å²) >= 11 is 15.0. The summed E-state index contributed by atoms with van der Waals surface area (Å²) in [5, 5.41) is 10.2. The predicted molar refractivity (Wildman–Crippen MR) is 115 cm³/mol. The van der Waals surface area contributed by atoms with Gasteiger partial charge < -0.3 is 4.74 Å². The van der Waals surface area contributed by atoms with Crippen LogP contribution in [0.2, 0.25) is 5.02 Å². The second-order valence-corrected chi connectivity index (χ2v) is 10.5. The first-order valence-corrected chi connectivity index (χ1v) is 11.6. The number of hydrogen-bond donors (Lipinski definition) is 1. The van der Waals surface area contributed by atoms with E-state index in [1.54, 1.807) is 18.2 Å². The summed E-state index contributed by atoms with van der Waals surface area (Å²) in [6.45, 7) is 0.333. The summed E-state index contributed by atoms with van der Waals surface area (Å²) < 4.78 is 33.6. The average molecular weight is 554 g/mol. The molecule has 1 N–H and O–H groups in total. The number of alkyl halides is 1. The van der Waals surface area contributed by atoms with Crippen LogP contribution in [-0.2, 0) is 10.0 Å². The van der Waals surface area contributed by atoms with Gasteiger partial charge in [0.15, 0.2) is 5.17 Å². The highest BCUT2D eigenvalue weighted by molar-refractivity contribution is 14.1. The highest BCUT2D eigenvalue weighted by Gasteiger charge is 2.24. The number of ether oxygens (including phenoxy) is 1. The van der Waals surface area contributed by atoms with Crippen LogP contribution in [0.25, 0.3) is 0 Å². The van der Waals surface area contributed by atoms with E-state index < -0.39 is 10.0 Å². The molecule has 0 saturated carbocycles. The van der Waals surface area contributed by atoms with E-state index >= 15 is 0 Å². The molecule has 3 rings (SSSR count). The molecular formula is C16H10Cl2IN3O3S2. The highest BCUT2D eigenvalue weighted by atomic mass is 127. The molecule has 0 spiro atoms. The largest absolute Gasteiger partial charge is 0.455 e. The standard InChI is InChI=1S/C16H10Cl2IN3O3S2/c17-10-1-3-14(12(19)6-10)25-13-4-2-11(5-9(13)7-20)27(23,24)22-16-21-8-15(18)26-16/h1-6,15H,8H2,(H,21,22). The van der Waals surface area contributed by atoms with Crippen LogP contribution < -0.4 is 9.46 Å². The maximum atomic E-state index is 12.5. The zero-order valence-corrected chi connectivity index (χ0v) is 18.6. The molecule has 0 radical (unpaired) electrons. The second kappa shape index (κ2) is 8.45. The Balaban J connectivity index is 1.87. The van der Waals surface area contributed by atoms with Gasteiger partial charge >= 0.3 is 0 Å². The number of nitrogens with zero attached hydrogens (tertiary/aromatic N) is 2. The summed E-state index contributed by atoms with van der Waals surface area (Å²) in [6.07, 6.45) is 0. The number of hydrogen-bond acceptors (Lipinski definition) is 6. The Labute approximate surface area is 184 Å². The van der Waals surface area contributed by atoms with Gasteiger partial charge in [-0.2, -0.15) is 5.26 Å². The Kier molecular flexibility index (Phi) is 6.43. The molecule has 140 valence electrons. The van der Waals surface area contributed by atoms with Crippen molar-refractivity contribution in [3.63, 3.8) is 0 Å². The van der Waals surface area contributed by atoms with E-state index in [1.165, 1.54) is 18.2 Å². The van der Waals surface area contributed by atoms with Gasteiger partial charge in [0.05, 0.1) is 20.6 Å². The maximum absolute atomic E-state index is 12.5. The number of sulfonamides is 1. The van der Waals surface area contributed by atoms with Gasteiger partial charge in [0.1, 0.15) is 22.3 Å². The zero-order valence-electron chi connectivity index (χ0n) is 13.3. The number of rotatable bonds is 4. The molecule has 1 atom stereocenters. The van der Waals surface area contributed by atoms with Crippen molar-refractivity contribution in [2.45, 2.75) is 9.60 Å². The summed E-state index contributed by atoms with van der Waals surface area (Å²) in [7, 11) is -3.89. The molecule has 1 unspecified atom stereocenters. The third-order valence-corrected chi connectivity index (χ3v) is 7.14. The van der Waals surface area contributed by atoms with E-state index in [0.29, 0.717) is 17.3 Å². The molecule has 0 fully saturated rings. The first kappa shape index (κ1) is 20.5. The van der Waals surface area contributed by atoms with Crippen molar-refractivity contribution >= 4 is 72.7 Å². The van der Waals surface area contributed by atoms with Crippen molar-refractivity contribution in [1.82, 2.24) is 4.72 Å². The van der Waals surface area contributed by atoms with Crippen LogP contribution in [0.15, 0.2) is 46.3 Å². The summed E-state index contributed by atoms with van der Waals surface area (Å²) in [5.74, 6) is 0.750. The molecular weight excluding hydrogens is 544 g/mol. The summed E-state index contributed by atoms with van der Waals surface area (Å²) in [5.41, 5.74) is 0.0832. The lowest BCUT2D eigenvalue weighted by molar-refractivity contribution is 0.477. The Morgan fingerprint density at radius 2 is 2.04 bits per heavy atom. The van der Waals surface area contributed by atoms with Crippen molar-refractivity contribution in [2.75, 3.05) is 6.54 Å². The molecule has 6 nitrogen and oxygen atoms in total. The fourth-order valence-corrected chi connectivity index (χ4v) is 5.41. The van der Waals surface area contributed by atoms with Gasteiger partial charge in [-0.1, -0.05) is 23.4 Å². The molecule has 27 heavy (non-hydrogen) atoms. The zero-order chi connectivity index (χ0) is 19.6. The predicted octanol–water partition coefficient (Wildman–Crippen LogP) is 4.55.